The molecule has 0 saturated heterocycles. The average molecular weight is 260 g/mol. The van der Waals surface area contributed by atoms with Gasteiger partial charge in [0.15, 0.2) is 0 Å². The second-order valence-electron chi connectivity index (χ2n) is 7.55. The van der Waals surface area contributed by atoms with Crippen molar-refractivity contribution in [3.05, 3.63) is 41.2 Å². The van der Waals surface area contributed by atoms with Gasteiger partial charge in [0, 0.05) is 0 Å². The normalized spacial score (nSPS) is 19.7. The predicted octanol–water partition coefficient (Wildman–Crippen LogP) is 5.84. The molecular formula is C18H25F. The van der Waals surface area contributed by atoms with E-state index in [1.807, 2.05) is 12.1 Å². The zero-order valence-corrected chi connectivity index (χ0v) is 12.8. The largest absolute Gasteiger partial charge is 0.207 e. The van der Waals surface area contributed by atoms with E-state index in [-0.39, 0.29) is 11.2 Å². The van der Waals surface area contributed by atoms with Crippen LogP contribution in [0.4, 0.5) is 4.39 Å². The van der Waals surface area contributed by atoms with Gasteiger partial charge in [-0.2, -0.15) is 0 Å². The fourth-order valence-electron chi connectivity index (χ4n) is 3.04. The Morgan fingerprint density at radius 1 is 1.05 bits per heavy atom. The van der Waals surface area contributed by atoms with Gasteiger partial charge in [-0.15, -0.1) is 0 Å². The summed E-state index contributed by atoms with van der Waals surface area (Å²) in [7, 11) is 0. The molecule has 0 atom stereocenters. The highest BCUT2D eigenvalue weighted by Crippen LogP contribution is 2.48. The third-order valence-corrected chi connectivity index (χ3v) is 4.17. The van der Waals surface area contributed by atoms with Gasteiger partial charge in [0.05, 0.1) is 0 Å². The molecule has 0 spiro atoms. The Labute approximate surface area is 116 Å². The summed E-state index contributed by atoms with van der Waals surface area (Å²) in [5.74, 6) is -0.156. The first-order valence-corrected chi connectivity index (χ1v) is 7.17. The smallest absolute Gasteiger partial charge is 0.123 e. The van der Waals surface area contributed by atoms with Crippen LogP contribution in [0, 0.1) is 16.6 Å². The number of allylic oxidation sites excluding steroid dienone is 2. The molecule has 1 aromatic rings. The fraction of sp³-hybridized carbons (Fsp3) is 0.556. The maximum absolute atomic E-state index is 13.1. The van der Waals surface area contributed by atoms with Gasteiger partial charge in [-0.3, -0.25) is 0 Å². The maximum Gasteiger partial charge on any atom is 0.123 e. The summed E-state index contributed by atoms with van der Waals surface area (Å²) in [6.45, 7) is 11.5. The molecule has 0 fully saturated rings. The first kappa shape index (κ1) is 14.3. The molecule has 0 saturated carbocycles. The van der Waals surface area contributed by atoms with Crippen LogP contribution in [-0.2, 0) is 0 Å². The molecule has 1 aliphatic carbocycles. The summed E-state index contributed by atoms with van der Waals surface area (Å²) in [6.07, 6.45) is 3.48. The van der Waals surface area contributed by atoms with E-state index in [0.29, 0.717) is 5.41 Å². The van der Waals surface area contributed by atoms with Crippen molar-refractivity contribution < 1.29 is 4.39 Å². The fourth-order valence-corrected chi connectivity index (χ4v) is 3.04. The molecule has 0 bridgehead atoms. The first-order chi connectivity index (χ1) is 8.69. The van der Waals surface area contributed by atoms with E-state index in [9.17, 15) is 4.39 Å². The zero-order chi connectivity index (χ0) is 14.3. The Bertz CT molecular complexity index is 483. The molecule has 0 aliphatic heterocycles. The van der Waals surface area contributed by atoms with Crippen molar-refractivity contribution in [2.75, 3.05) is 0 Å². The summed E-state index contributed by atoms with van der Waals surface area (Å²) < 4.78 is 13.1. The molecule has 2 rings (SSSR count). The molecular weight excluding hydrogens is 235 g/mol. The quantitative estimate of drug-likeness (QED) is 0.595. The monoisotopic (exact) mass is 260 g/mol. The molecule has 1 heteroatoms. The summed E-state index contributed by atoms with van der Waals surface area (Å²) in [5, 5.41) is 0. The van der Waals surface area contributed by atoms with Crippen LogP contribution in [-0.4, -0.2) is 0 Å². The van der Waals surface area contributed by atoms with Crippen LogP contribution in [0.25, 0.3) is 5.57 Å². The van der Waals surface area contributed by atoms with Gasteiger partial charge in [-0.05, 0) is 53.4 Å². The van der Waals surface area contributed by atoms with Crippen LogP contribution in [0.5, 0.6) is 0 Å². The van der Waals surface area contributed by atoms with Gasteiger partial charge in [-0.25, -0.2) is 4.39 Å². The average Bonchev–Trinajstić information content (AvgIpc) is 2.27. The lowest BCUT2D eigenvalue weighted by Crippen LogP contribution is -2.23. The molecule has 0 nitrogen and oxygen atoms in total. The number of rotatable bonds is 1. The molecule has 0 amide bonds. The molecule has 0 heterocycles. The van der Waals surface area contributed by atoms with Crippen molar-refractivity contribution in [3.63, 3.8) is 0 Å². The van der Waals surface area contributed by atoms with Crippen LogP contribution in [0.3, 0.4) is 0 Å². The van der Waals surface area contributed by atoms with Gasteiger partial charge in [-0.1, -0.05) is 52.3 Å². The Morgan fingerprint density at radius 2 is 1.63 bits per heavy atom. The highest BCUT2D eigenvalue weighted by molar-refractivity contribution is 5.71. The summed E-state index contributed by atoms with van der Waals surface area (Å²) in [4.78, 5) is 0. The Hall–Kier alpha value is -1.11. The van der Waals surface area contributed by atoms with Crippen LogP contribution in [0.2, 0.25) is 0 Å². The standard InChI is InChI=1S/C18H25F/c1-17(2,3)16-10-11-18(4,5)12-15(16)13-6-8-14(19)9-7-13/h6-9H,10-12H2,1-5H3. The molecule has 0 N–H and O–H groups in total. The number of halogens is 1. The van der Waals surface area contributed by atoms with Gasteiger partial charge >= 0.3 is 0 Å². The molecule has 1 aromatic carbocycles. The SMILES string of the molecule is CC1(C)CCC(C(C)(C)C)=C(c2ccc(F)cc2)C1. The van der Waals surface area contributed by atoms with Crippen LogP contribution in [0.1, 0.15) is 59.4 Å². The van der Waals surface area contributed by atoms with Crippen molar-refractivity contribution in [2.24, 2.45) is 10.8 Å². The minimum absolute atomic E-state index is 0.156. The molecule has 0 unspecified atom stereocenters. The minimum atomic E-state index is -0.156. The number of hydrogen-bond acceptors (Lipinski definition) is 0. The number of hydrogen-bond donors (Lipinski definition) is 0. The van der Waals surface area contributed by atoms with Gasteiger partial charge in [0.1, 0.15) is 5.82 Å². The van der Waals surface area contributed by atoms with Crippen LogP contribution in [0.15, 0.2) is 29.8 Å². The minimum Gasteiger partial charge on any atom is -0.207 e. The van der Waals surface area contributed by atoms with E-state index >= 15 is 0 Å². The van der Waals surface area contributed by atoms with Gasteiger partial charge in [0.2, 0.25) is 0 Å². The lowest BCUT2D eigenvalue weighted by atomic mass is 9.67. The van der Waals surface area contributed by atoms with E-state index in [1.165, 1.54) is 17.6 Å². The molecule has 104 valence electrons. The topological polar surface area (TPSA) is 0 Å². The molecule has 0 aromatic heterocycles. The van der Waals surface area contributed by atoms with Gasteiger partial charge in [0.25, 0.3) is 0 Å². The second-order valence-corrected chi connectivity index (χ2v) is 7.55. The third-order valence-electron chi connectivity index (χ3n) is 4.17. The molecule has 1 aliphatic rings. The third kappa shape index (κ3) is 3.26. The Morgan fingerprint density at radius 3 is 2.16 bits per heavy atom. The van der Waals surface area contributed by atoms with Crippen molar-refractivity contribution in [1.82, 2.24) is 0 Å². The lowest BCUT2D eigenvalue weighted by Gasteiger charge is -2.38. The first-order valence-electron chi connectivity index (χ1n) is 7.17. The summed E-state index contributed by atoms with van der Waals surface area (Å²) in [5.41, 5.74) is 4.71. The van der Waals surface area contributed by atoms with Crippen molar-refractivity contribution in [1.29, 1.82) is 0 Å². The lowest BCUT2D eigenvalue weighted by molar-refractivity contribution is 0.311. The van der Waals surface area contributed by atoms with Crippen LogP contribution >= 0.6 is 0 Å². The van der Waals surface area contributed by atoms with E-state index in [0.717, 1.165) is 12.8 Å². The number of benzene rings is 1. The highest BCUT2D eigenvalue weighted by Gasteiger charge is 2.32. The van der Waals surface area contributed by atoms with E-state index < -0.39 is 0 Å². The maximum atomic E-state index is 13.1. The van der Waals surface area contributed by atoms with Crippen molar-refractivity contribution in [2.45, 2.75) is 53.9 Å². The van der Waals surface area contributed by atoms with Crippen molar-refractivity contribution in [3.8, 4) is 0 Å². The zero-order valence-electron chi connectivity index (χ0n) is 12.8. The molecule has 19 heavy (non-hydrogen) atoms. The summed E-state index contributed by atoms with van der Waals surface area (Å²) >= 11 is 0. The van der Waals surface area contributed by atoms with Crippen molar-refractivity contribution >= 4 is 5.57 Å². The molecule has 0 radical (unpaired) electrons. The van der Waals surface area contributed by atoms with Crippen LogP contribution < -0.4 is 0 Å². The Kier molecular flexibility index (Phi) is 3.59. The van der Waals surface area contributed by atoms with Gasteiger partial charge < -0.3 is 0 Å². The predicted molar refractivity (Wildman–Crippen MR) is 80.4 cm³/mol. The van der Waals surface area contributed by atoms with E-state index in [2.05, 4.69) is 34.6 Å². The highest BCUT2D eigenvalue weighted by atomic mass is 19.1. The van der Waals surface area contributed by atoms with E-state index in [4.69, 9.17) is 0 Å². The Balaban J connectivity index is 2.51. The second kappa shape index (κ2) is 4.77. The summed E-state index contributed by atoms with van der Waals surface area (Å²) in [6, 6.07) is 7.00. The van der Waals surface area contributed by atoms with E-state index in [1.54, 1.807) is 17.7 Å².